The molecule has 0 N–H and O–H groups in total. The van der Waals surface area contributed by atoms with Crippen LogP contribution in [-0.4, -0.2) is 0 Å². The van der Waals surface area contributed by atoms with Crippen molar-refractivity contribution in [2.24, 2.45) is 22.7 Å². The van der Waals surface area contributed by atoms with Crippen LogP contribution in [0.3, 0.4) is 0 Å². The third kappa shape index (κ3) is 0.666. The second kappa shape index (κ2) is 1.84. The van der Waals surface area contributed by atoms with Gasteiger partial charge in [0.15, 0.2) is 0 Å². The zero-order chi connectivity index (χ0) is 8.28. The fourth-order valence-corrected chi connectivity index (χ4v) is 3.60. The van der Waals surface area contributed by atoms with E-state index in [1.165, 1.54) is 19.3 Å². The summed E-state index contributed by atoms with van der Waals surface area (Å²) in [7, 11) is 0. The van der Waals surface area contributed by atoms with Crippen LogP contribution in [0.5, 0.6) is 0 Å². The molecule has 3 atom stereocenters. The molecule has 2 rings (SSSR count). The Bertz CT molecular complexity index is 180. The van der Waals surface area contributed by atoms with Gasteiger partial charge in [0.25, 0.3) is 0 Å². The summed E-state index contributed by atoms with van der Waals surface area (Å²) >= 11 is 0. The van der Waals surface area contributed by atoms with Crippen LogP contribution in [0.4, 0.5) is 0 Å². The Morgan fingerprint density at radius 2 is 1.82 bits per heavy atom. The summed E-state index contributed by atoms with van der Waals surface area (Å²) < 4.78 is 0. The number of hydrogen-bond donors (Lipinski definition) is 0. The van der Waals surface area contributed by atoms with Crippen molar-refractivity contribution in [2.75, 3.05) is 0 Å². The first-order valence-electron chi connectivity index (χ1n) is 4.98. The lowest BCUT2D eigenvalue weighted by atomic mass is 9.67. The van der Waals surface area contributed by atoms with Gasteiger partial charge >= 0.3 is 0 Å². The van der Waals surface area contributed by atoms with Gasteiger partial charge < -0.3 is 0 Å². The van der Waals surface area contributed by atoms with Crippen molar-refractivity contribution in [3.05, 3.63) is 0 Å². The van der Waals surface area contributed by atoms with Crippen molar-refractivity contribution in [1.29, 1.82) is 0 Å². The SMILES string of the molecule is C[C@@H]1C[C@@H]2CC[C@]1(C)C2(C)C. The summed E-state index contributed by atoms with van der Waals surface area (Å²) in [5.74, 6) is 2.00. The highest BCUT2D eigenvalue weighted by atomic mass is 14.6. The van der Waals surface area contributed by atoms with Gasteiger partial charge in [-0.05, 0) is 41.9 Å². The molecule has 64 valence electrons. The third-order valence-electron chi connectivity index (χ3n) is 5.23. The molecule has 0 aliphatic heterocycles. The van der Waals surface area contributed by atoms with E-state index in [-0.39, 0.29) is 0 Å². The zero-order valence-corrected chi connectivity index (χ0v) is 8.28. The monoisotopic (exact) mass is 152 g/mol. The first-order chi connectivity index (χ1) is 4.98. The van der Waals surface area contributed by atoms with Gasteiger partial charge in [-0.2, -0.15) is 0 Å². The molecule has 0 aromatic rings. The quantitative estimate of drug-likeness (QED) is 0.498. The highest BCUT2D eigenvalue weighted by Gasteiger charge is 2.59. The van der Waals surface area contributed by atoms with Crippen LogP contribution in [0.15, 0.2) is 0 Å². The molecular weight excluding hydrogens is 132 g/mol. The van der Waals surface area contributed by atoms with Crippen molar-refractivity contribution >= 4 is 0 Å². The molecule has 0 spiro atoms. The maximum absolute atomic E-state index is 2.50. The van der Waals surface area contributed by atoms with E-state index in [2.05, 4.69) is 27.7 Å². The standard InChI is InChI=1S/C11H20/c1-8-7-9-5-6-11(8,4)10(9,2)3/h8-9H,5-7H2,1-4H3/t8-,9+,11+/m1/s1. The molecule has 0 unspecified atom stereocenters. The lowest BCUT2D eigenvalue weighted by Crippen LogP contribution is -2.30. The summed E-state index contributed by atoms with van der Waals surface area (Å²) in [4.78, 5) is 0. The second-order valence-electron chi connectivity index (χ2n) is 5.51. The van der Waals surface area contributed by atoms with Crippen LogP contribution < -0.4 is 0 Å². The Hall–Kier alpha value is 0. The lowest BCUT2D eigenvalue weighted by Gasteiger charge is -2.37. The van der Waals surface area contributed by atoms with Crippen LogP contribution in [0.25, 0.3) is 0 Å². The van der Waals surface area contributed by atoms with Crippen LogP contribution in [0.2, 0.25) is 0 Å². The summed E-state index contributed by atoms with van der Waals surface area (Å²) in [6.07, 6.45) is 4.46. The average molecular weight is 152 g/mol. The van der Waals surface area contributed by atoms with Gasteiger partial charge in [-0.15, -0.1) is 0 Å². The van der Waals surface area contributed by atoms with Crippen LogP contribution in [0, 0.1) is 22.7 Å². The Balaban J connectivity index is 2.40. The second-order valence-corrected chi connectivity index (χ2v) is 5.51. The molecule has 2 aliphatic rings. The molecule has 0 heteroatoms. The Morgan fingerprint density at radius 1 is 1.18 bits per heavy atom. The molecule has 0 amide bonds. The molecule has 0 aromatic carbocycles. The number of hydrogen-bond acceptors (Lipinski definition) is 0. The lowest BCUT2D eigenvalue weighted by molar-refractivity contribution is 0.112. The smallest absolute Gasteiger partial charge is 0.0246 e. The summed E-state index contributed by atoms with van der Waals surface area (Å²) in [5.41, 5.74) is 1.30. The van der Waals surface area contributed by atoms with Crippen molar-refractivity contribution < 1.29 is 0 Å². The van der Waals surface area contributed by atoms with Gasteiger partial charge in [0, 0.05) is 0 Å². The van der Waals surface area contributed by atoms with E-state index in [4.69, 9.17) is 0 Å². The highest BCUT2D eigenvalue weighted by molar-refractivity contribution is 5.08. The van der Waals surface area contributed by atoms with Gasteiger partial charge in [-0.1, -0.05) is 27.7 Å². The van der Waals surface area contributed by atoms with Crippen LogP contribution in [-0.2, 0) is 0 Å². The Labute approximate surface area is 70.4 Å². The molecule has 2 aliphatic carbocycles. The molecule has 11 heavy (non-hydrogen) atoms. The van der Waals surface area contributed by atoms with Crippen LogP contribution in [0.1, 0.15) is 47.0 Å². The molecule has 0 nitrogen and oxygen atoms in total. The zero-order valence-electron chi connectivity index (χ0n) is 8.28. The maximum Gasteiger partial charge on any atom is -0.0246 e. The van der Waals surface area contributed by atoms with E-state index < -0.39 is 0 Å². The van der Waals surface area contributed by atoms with Gasteiger partial charge in [0.05, 0.1) is 0 Å². The van der Waals surface area contributed by atoms with E-state index >= 15 is 0 Å². The van der Waals surface area contributed by atoms with E-state index in [9.17, 15) is 0 Å². The number of fused-ring (bicyclic) bond motifs is 2. The third-order valence-corrected chi connectivity index (χ3v) is 5.23. The van der Waals surface area contributed by atoms with Crippen molar-refractivity contribution in [2.45, 2.75) is 47.0 Å². The Kier molecular flexibility index (Phi) is 1.28. The van der Waals surface area contributed by atoms with E-state index in [0.29, 0.717) is 10.8 Å². The molecule has 2 bridgehead atoms. The van der Waals surface area contributed by atoms with E-state index in [0.717, 1.165) is 11.8 Å². The van der Waals surface area contributed by atoms with Gasteiger partial charge in [-0.25, -0.2) is 0 Å². The van der Waals surface area contributed by atoms with Crippen molar-refractivity contribution in [3.8, 4) is 0 Å². The minimum absolute atomic E-state index is 0.631. The molecule has 0 aromatic heterocycles. The minimum Gasteiger partial charge on any atom is -0.0620 e. The predicted molar refractivity (Wildman–Crippen MR) is 48.4 cm³/mol. The fourth-order valence-electron chi connectivity index (χ4n) is 3.60. The topological polar surface area (TPSA) is 0 Å². The molecule has 2 saturated carbocycles. The first kappa shape index (κ1) is 7.64. The number of rotatable bonds is 0. The van der Waals surface area contributed by atoms with E-state index in [1.807, 2.05) is 0 Å². The molecular formula is C11H20. The normalized spacial score (nSPS) is 53.5. The van der Waals surface area contributed by atoms with E-state index in [1.54, 1.807) is 0 Å². The summed E-state index contributed by atoms with van der Waals surface area (Å²) in [6, 6.07) is 0. The van der Waals surface area contributed by atoms with Crippen molar-refractivity contribution in [1.82, 2.24) is 0 Å². The van der Waals surface area contributed by atoms with Gasteiger partial charge in [0.2, 0.25) is 0 Å². The van der Waals surface area contributed by atoms with Crippen LogP contribution >= 0.6 is 0 Å². The largest absolute Gasteiger partial charge is 0.0620 e. The molecule has 2 fully saturated rings. The molecule has 0 radical (unpaired) electrons. The fraction of sp³-hybridized carbons (Fsp3) is 1.00. The summed E-state index contributed by atoms with van der Waals surface area (Å²) in [5, 5.41) is 0. The predicted octanol–water partition coefficient (Wildman–Crippen LogP) is 3.47. The molecule has 0 heterocycles. The maximum atomic E-state index is 2.50. The highest BCUT2D eigenvalue weighted by Crippen LogP contribution is 2.67. The van der Waals surface area contributed by atoms with Gasteiger partial charge in [-0.3, -0.25) is 0 Å². The summed E-state index contributed by atoms with van der Waals surface area (Å²) in [6.45, 7) is 9.91. The van der Waals surface area contributed by atoms with Gasteiger partial charge in [0.1, 0.15) is 0 Å². The first-order valence-corrected chi connectivity index (χ1v) is 4.98. The Morgan fingerprint density at radius 3 is 2.00 bits per heavy atom. The molecule has 0 saturated heterocycles. The minimum atomic E-state index is 0.631. The van der Waals surface area contributed by atoms with Crippen molar-refractivity contribution in [3.63, 3.8) is 0 Å². The average Bonchev–Trinajstić information content (AvgIpc) is 2.20.